The van der Waals surface area contributed by atoms with Crippen molar-refractivity contribution in [1.29, 1.82) is 0 Å². The predicted molar refractivity (Wildman–Crippen MR) is 237 cm³/mol. The second kappa shape index (κ2) is 20.9. The number of methoxy groups -OCH3 is 4. The van der Waals surface area contributed by atoms with Crippen LogP contribution in [0, 0.1) is 0 Å². The summed E-state index contributed by atoms with van der Waals surface area (Å²) in [6.45, 7) is 3.47. The van der Waals surface area contributed by atoms with Crippen molar-refractivity contribution < 1.29 is 40.6 Å². The molecular formula is C45H53N7O9S2. The third kappa shape index (κ3) is 11.7. The molecule has 2 aromatic heterocycles. The predicted octanol–water partition coefficient (Wildman–Crippen LogP) is 5.68. The van der Waals surface area contributed by atoms with E-state index >= 15 is 0 Å². The molecule has 6 aromatic rings. The van der Waals surface area contributed by atoms with Gasteiger partial charge in [0.1, 0.15) is 28.7 Å². The molecule has 7 rings (SSSR count). The Kier molecular flexibility index (Phi) is 15.4. The van der Waals surface area contributed by atoms with E-state index < -0.39 is 20.0 Å². The fraction of sp³-hybridized carbons (Fsp3) is 0.311. The van der Waals surface area contributed by atoms with Crippen LogP contribution in [0.25, 0.3) is 0 Å². The first-order chi connectivity index (χ1) is 30.2. The molecule has 3 heterocycles. The van der Waals surface area contributed by atoms with Crippen molar-refractivity contribution >= 4 is 26.3 Å². The smallest absolute Gasteiger partial charge is 0.263 e. The van der Waals surface area contributed by atoms with Crippen molar-refractivity contribution in [2.45, 2.75) is 49.2 Å². The summed E-state index contributed by atoms with van der Waals surface area (Å²) in [5.41, 5.74) is 4.39. The van der Waals surface area contributed by atoms with Gasteiger partial charge in [0.25, 0.3) is 20.0 Å². The molecule has 0 radical (unpaired) electrons. The number of carbonyl (C=O) groups excluding carboxylic acids is 1. The standard InChI is InChI=1S/C24H30N4O4S.C21H23N3O5S/c1-26-21(18-27-13-4-14-27)15-24(25-26)33(29,30)28(16-19-5-9-22(31-2)10-6-19)17-20-7-11-23(32-3)12-8-20;1-23-18(15-25)12-21(22-23)30(26,27)24(13-16-4-8-19(28-2)9-5-16)14-17-6-10-20(29-3)11-7-17/h5-12,15H,4,13-14,16-18H2,1-3H3;4-12,15H,13-14H2,1-3H3. The Balaban J connectivity index is 0.000000211. The van der Waals surface area contributed by atoms with Crippen LogP contribution in [0.2, 0.25) is 0 Å². The molecule has 1 aliphatic rings. The minimum absolute atomic E-state index is 0.0718. The lowest BCUT2D eigenvalue weighted by Crippen LogP contribution is -2.36. The van der Waals surface area contributed by atoms with Crippen molar-refractivity contribution in [3.8, 4) is 23.0 Å². The SMILES string of the molecule is COc1ccc(CN(Cc2ccc(OC)cc2)S(=O)(=O)c2cc(C=O)n(C)n2)cc1.COc1ccc(CN(Cc2ccc(OC)cc2)S(=O)(=O)c2cc(CN3CCC3)n(C)n2)cc1. The molecule has 0 unspecified atom stereocenters. The molecule has 63 heavy (non-hydrogen) atoms. The highest BCUT2D eigenvalue weighted by atomic mass is 32.2. The van der Waals surface area contributed by atoms with Gasteiger partial charge in [-0.1, -0.05) is 48.5 Å². The highest BCUT2D eigenvalue weighted by Gasteiger charge is 2.30. The number of benzene rings is 4. The van der Waals surface area contributed by atoms with Crippen molar-refractivity contribution in [1.82, 2.24) is 33.1 Å². The van der Waals surface area contributed by atoms with Gasteiger partial charge in [-0.05, 0) is 90.3 Å². The highest BCUT2D eigenvalue weighted by Crippen LogP contribution is 2.26. The number of ether oxygens (including phenoxy) is 4. The molecule has 0 amide bonds. The van der Waals surface area contributed by atoms with Gasteiger partial charge in [0, 0.05) is 59.0 Å². The zero-order valence-electron chi connectivity index (χ0n) is 36.2. The first-order valence-electron chi connectivity index (χ1n) is 20.0. The van der Waals surface area contributed by atoms with Gasteiger partial charge in [0.15, 0.2) is 16.3 Å². The normalized spacial score (nSPS) is 13.0. The minimum atomic E-state index is -3.96. The Morgan fingerprint density at radius 3 is 1.16 bits per heavy atom. The lowest BCUT2D eigenvalue weighted by molar-refractivity contribution is 0.111. The van der Waals surface area contributed by atoms with Gasteiger partial charge in [-0.2, -0.15) is 18.8 Å². The van der Waals surface area contributed by atoms with Gasteiger partial charge in [-0.3, -0.25) is 19.1 Å². The van der Waals surface area contributed by atoms with Gasteiger partial charge in [0.2, 0.25) is 0 Å². The largest absolute Gasteiger partial charge is 0.497 e. The van der Waals surface area contributed by atoms with Crippen molar-refractivity contribution in [2.75, 3.05) is 41.5 Å². The number of hydrogen-bond donors (Lipinski definition) is 0. The molecule has 0 N–H and O–H groups in total. The van der Waals surface area contributed by atoms with E-state index in [1.54, 1.807) is 70.5 Å². The summed E-state index contributed by atoms with van der Waals surface area (Å²) in [6.07, 6.45) is 1.75. The van der Waals surface area contributed by atoms with E-state index in [1.807, 2.05) is 72.8 Å². The average molecular weight is 900 g/mol. The number of aromatic nitrogens is 4. The third-order valence-electron chi connectivity index (χ3n) is 10.6. The molecule has 0 aliphatic carbocycles. The van der Waals surface area contributed by atoms with Crippen LogP contribution in [0.5, 0.6) is 23.0 Å². The molecule has 334 valence electrons. The Morgan fingerprint density at radius 1 is 0.540 bits per heavy atom. The second-order valence-electron chi connectivity index (χ2n) is 14.8. The maximum absolute atomic E-state index is 13.7. The molecule has 0 bridgehead atoms. The molecule has 4 aromatic carbocycles. The van der Waals surface area contributed by atoms with Gasteiger partial charge in [0.05, 0.1) is 34.1 Å². The zero-order valence-corrected chi connectivity index (χ0v) is 37.9. The molecule has 0 atom stereocenters. The van der Waals surface area contributed by atoms with Crippen LogP contribution in [0.15, 0.2) is 119 Å². The zero-order chi connectivity index (χ0) is 45.1. The molecule has 0 spiro atoms. The summed E-state index contributed by atoms with van der Waals surface area (Å²) in [6, 6.07) is 32.2. The number of nitrogens with zero attached hydrogens (tertiary/aromatic N) is 7. The number of hydrogen-bond acceptors (Lipinski definition) is 12. The number of carbonyl (C=O) groups is 1. The van der Waals surface area contributed by atoms with Crippen LogP contribution in [-0.2, 0) is 66.9 Å². The monoisotopic (exact) mass is 899 g/mol. The Bertz CT molecular complexity index is 2550. The van der Waals surface area contributed by atoms with E-state index in [1.165, 1.54) is 32.8 Å². The van der Waals surface area contributed by atoms with Gasteiger partial charge < -0.3 is 18.9 Å². The Labute approximate surface area is 369 Å². The van der Waals surface area contributed by atoms with E-state index in [9.17, 15) is 21.6 Å². The van der Waals surface area contributed by atoms with E-state index in [-0.39, 0.29) is 41.9 Å². The lowest BCUT2D eigenvalue weighted by Gasteiger charge is -2.30. The molecule has 0 saturated carbocycles. The van der Waals surface area contributed by atoms with Crippen LogP contribution >= 0.6 is 0 Å². The van der Waals surface area contributed by atoms with E-state index in [2.05, 4.69) is 15.1 Å². The van der Waals surface area contributed by atoms with Crippen molar-refractivity contribution in [2.24, 2.45) is 14.1 Å². The Morgan fingerprint density at radius 2 is 0.873 bits per heavy atom. The number of sulfonamides is 2. The van der Waals surface area contributed by atoms with Gasteiger partial charge >= 0.3 is 0 Å². The summed E-state index contributed by atoms with van der Waals surface area (Å²) in [5.74, 6) is 2.82. The summed E-state index contributed by atoms with van der Waals surface area (Å²) >= 11 is 0. The molecular weight excluding hydrogens is 847 g/mol. The van der Waals surface area contributed by atoms with Crippen LogP contribution in [0.4, 0.5) is 0 Å². The minimum Gasteiger partial charge on any atom is -0.497 e. The molecule has 1 aliphatic heterocycles. The van der Waals surface area contributed by atoms with Gasteiger partial charge in [-0.25, -0.2) is 16.8 Å². The van der Waals surface area contributed by atoms with Gasteiger partial charge in [-0.15, -0.1) is 0 Å². The number of rotatable bonds is 19. The van der Waals surface area contributed by atoms with Crippen LogP contribution < -0.4 is 18.9 Å². The second-order valence-corrected chi connectivity index (χ2v) is 18.6. The fourth-order valence-corrected chi connectivity index (χ4v) is 9.48. The molecule has 1 saturated heterocycles. The molecule has 16 nitrogen and oxygen atoms in total. The average Bonchev–Trinajstić information content (AvgIpc) is 3.87. The summed E-state index contributed by atoms with van der Waals surface area (Å²) in [5, 5.41) is 8.30. The quantitative estimate of drug-likeness (QED) is 0.0915. The first-order valence-corrected chi connectivity index (χ1v) is 22.9. The third-order valence-corrected chi connectivity index (χ3v) is 13.9. The van der Waals surface area contributed by atoms with Crippen molar-refractivity contribution in [3.05, 3.63) is 143 Å². The lowest BCUT2D eigenvalue weighted by atomic mass is 10.2. The number of aldehydes is 1. The number of likely N-dealkylation sites (tertiary alicyclic amines) is 1. The van der Waals surface area contributed by atoms with E-state index in [0.717, 1.165) is 52.5 Å². The highest BCUT2D eigenvalue weighted by molar-refractivity contribution is 7.89. The van der Waals surface area contributed by atoms with Crippen molar-refractivity contribution in [3.63, 3.8) is 0 Å². The van der Waals surface area contributed by atoms with Crippen LogP contribution in [0.3, 0.4) is 0 Å². The maximum atomic E-state index is 13.7. The summed E-state index contributed by atoms with van der Waals surface area (Å²) in [7, 11) is 1.88. The number of aryl methyl sites for hydroxylation is 2. The molecule has 1 fully saturated rings. The van der Waals surface area contributed by atoms with E-state index in [4.69, 9.17) is 18.9 Å². The van der Waals surface area contributed by atoms with E-state index in [0.29, 0.717) is 24.3 Å². The summed E-state index contributed by atoms with van der Waals surface area (Å²) < 4.78 is 80.6. The topological polar surface area (TPSA) is 168 Å². The maximum Gasteiger partial charge on any atom is 0.263 e. The molecule has 18 heteroatoms. The summed E-state index contributed by atoms with van der Waals surface area (Å²) in [4.78, 5) is 13.4. The fourth-order valence-electron chi connectivity index (χ4n) is 6.67. The van der Waals surface area contributed by atoms with Crippen LogP contribution in [0.1, 0.15) is 44.9 Å². The van der Waals surface area contributed by atoms with Crippen LogP contribution in [-0.4, -0.2) is 97.7 Å². The Hall–Kier alpha value is -6.05. The first kappa shape index (κ1) is 46.5.